The third-order valence-electron chi connectivity index (χ3n) is 5.15. The van der Waals surface area contributed by atoms with E-state index in [4.69, 9.17) is 19.7 Å². The summed E-state index contributed by atoms with van der Waals surface area (Å²) < 4.78 is 6.64. The van der Waals surface area contributed by atoms with Crippen molar-refractivity contribution >= 4 is 44.4 Å². The van der Waals surface area contributed by atoms with Crippen molar-refractivity contribution in [3.8, 4) is 5.75 Å². The molecule has 2 heterocycles. The predicted molar refractivity (Wildman–Crippen MR) is 146 cm³/mol. The standard InChI is InChI=1S/C26H31N5O2S2/c1-18(2)15-20(16-32)28-23-22-24(31-26(30-23)34-17-19-9-5-3-6-10-19)29-25(35-22)27-13-14-33-21-11-7-4-8-12-21/h3-12,18,20,32H,13-17H2,1-2H3,(H2,27,28,29,30,31). The Bertz CT molecular complexity index is 1190. The van der Waals surface area contributed by atoms with Crippen LogP contribution in [0.5, 0.6) is 5.75 Å². The molecule has 0 aliphatic rings. The van der Waals surface area contributed by atoms with Gasteiger partial charge in [0.25, 0.3) is 0 Å². The summed E-state index contributed by atoms with van der Waals surface area (Å²) in [6.07, 6.45) is 0.842. The molecule has 4 aromatic rings. The molecule has 0 aliphatic carbocycles. The molecule has 0 bridgehead atoms. The summed E-state index contributed by atoms with van der Waals surface area (Å²) in [6, 6.07) is 19.9. The molecule has 2 aromatic heterocycles. The number of aromatic nitrogens is 3. The molecule has 9 heteroatoms. The average Bonchev–Trinajstić information content (AvgIpc) is 3.29. The van der Waals surface area contributed by atoms with Gasteiger partial charge in [-0.2, -0.15) is 4.98 Å². The van der Waals surface area contributed by atoms with Crippen molar-refractivity contribution in [1.82, 2.24) is 15.0 Å². The molecule has 184 valence electrons. The second-order valence-corrected chi connectivity index (χ2v) is 10.5. The van der Waals surface area contributed by atoms with Crippen LogP contribution in [0.4, 0.5) is 10.9 Å². The number of benzene rings is 2. The number of hydrogen-bond donors (Lipinski definition) is 3. The monoisotopic (exact) mass is 509 g/mol. The van der Waals surface area contributed by atoms with E-state index in [0.717, 1.165) is 33.6 Å². The quantitative estimate of drug-likeness (QED) is 0.120. The largest absolute Gasteiger partial charge is 0.492 e. The molecule has 0 amide bonds. The van der Waals surface area contributed by atoms with Gasteiger partial charge in [-0.15, -0.1) is 0 Å². The summed E-state index contributed by atoms with van der Waals surface area (Å²) in [5.41, 5.74) is 1.86. The minimum atomic E-state index is -0.0853. The minimum absolute atomic E-state index is 0.0386. The van der Waals surface area contributed by atoms with Gasteiger partial charge in [0, 0.05) is 5.75 Å². The minimum Gasteiger partial charge on any atom is -0.492 e. The van der Waals surface area contributed by atoms with Crippen molar-refractivity contribution in [3.05, 3.63) is 66.2 Å². The van der Waals surface area contributed by atoms with Gasteiger partial charge in [-0.3, -0.25) is 0 Å². The smallest absolute Gasteiger partial charge is 0.191 e. The van der Waals surface area contributed by atoms with E-state index in [1.54, 1.807) is 11.8 Å². The topological polar surface area (TPSA) is 92.2 Å². The number of hydrogen-bond acceptors (Lipinski definition) is 9. The first-order valence-corrected chi connectivity index (χ1v) is 13.6. The lowest BCUT2D eigenvalue weighted by Gasteiger charge is -2.19. The lowest BCUT2D eigenvalue weighted by Crippen LogP contribution is -2.26. The van der Waals surface area contributed by atoms with Gasteiger partial charge in [-0.25, -0.2) is 9.97 Å². The fourth-order valence-corrected chi connectivity index (χ4v) is 5.23. The van der Waals surface area contributed by atoms with Gasteiger partial charge in [0.2, 0.25) is 0 Å². The molecule has 0 radical (unpaired) electrons. The fourth-order valence-electron chi connectivity index (χ4n) is 3.55. The maximum atomic E-state index is 9.92. The predicted octanol–water partition coefficient (Wildman–Crippen LogP) is 5.69. The summed E-state index contributed by atoms with van der Waals surface area (Å²) in [6.45, 7) is 5.47. The van der Waals surface area contributed by atoms with Gasteiger partial charge in [0.1, 0.15) is 17.1 Å². The van der Waals surface area contributed by atoms with Gasteiger partial charge < -0.3 is 20.5 Å². The van der Waals surface area contributed by atoms with Gasteiger partial charge in [0.15, 0.2) is 21.8 Å². The molecule has 0 aliphatic heterocycles. The van der Waals surface area contributed by atoms with E-state index < -0.39 is 0 Å². The van der Waals surface area contributed by atoms with Crippen molar-refractivity contribution in [2.75, 3.05) is 30.4 Å². The summed E-state index contributed by atoms with van der Waals surface area (Å²) in [5.74, 6) is 2.78. The maximum Gasteiger partial charge on any atom is 0.191 e. The van der Waals surface area contributed by atoms with Crippen LogP contribution in [0, 0.1) is 5.92 Å². The average molecular weight is 510 g/mol. The molecule has 0 saturated carbocycles. The Labute approximate surface area is 214 Å². The number of nitrogens with zero attached hydrogens (tertiary/aromatic N) is 3. The number of rotatable bonds is 13. The van der Waals surface area contributed by atoms with Gasteiger partial charge >= 0.3 is 0 Å². The van der Waals surface area contributed by atoms with Crippen LogP contribution in [0.25, 0.3) is 10.3 Å². The van der Waals surface area contributed by atoms with E-state index in [2.05, 4.69) is 36.6 Å². The summed E-state index contributed by atoms with van der Waals surface area (Å²) in [7, 11) is 0. The third kappa shape index (κ3) is 7.55. The Morgan fingerprint density at radius 2 is 1.74 bits per heavy atom. The zero-order chi connectivity index (χ0) is 24.5. The summed E-state index contributed by atoms with van der Waals surface area (Å²) >= 11 is 3.09. The first-order chi connectivity index (χ1) is 17.1. The third-order valence-corrected chi connectivity index (χ3v) is 7.08. The normalized spacial score (nSPS) is 12.1. The SMILES string of the molecule is CC(C)CC(CO)Nc1nc(SCc2ccccc2)nc2nc(NCCOc3ccccc3)sc12. The van der Waals surface area contributed by atoms with Crippen molar-refractivity contribution in [2.45, 2.75) is 37.2 Å². The molecule has 0 fully saturated rings. The van der Waals surface area contributed by atoms with E-state index in [9.17, 15) is 5.11 Å². The Hall–Kier alpha value is -2.88. The molecule has 1 atom stereocenters. The van der Waals surface area contributed by atoms with Crippen LogP contribution < -0.4 is 15.4 Å². The summed E-state index contributed by atoms with van der Waals surface area (Å²) in [4.78, 5) is 14.2. The number of para-hydroxylation sites is 1. The fraction of sp³-hybridized carbons (Fsp3) is 0.346. The highest BCUT2D eigenvalue weighted by molar-refractivity contribution is 7.98. The van der Waals surface area contributed by atoms with E-state index in [1.807, 2.05) is 48.5 Å². The number of aliphatic hydroxyl groups is 1. The second kappa shape index (κ2) is 12.7. The van der Waals surface area contributed by atoms with Gasteiger partial charge in [0.05, 0.1) is 19.2 Å². The van der Waals surface area contributed by atoms with Crippen LogP contribution in [0.3, 0.4) is 0 Å². The molecular formula is C26H31N5O2S2. The van der Waals surface area contributed by atoms with Crippen molar-refractivity contribution in [1.29, 1.82) is 0 Å². The van der Waals surface area contributed by atoms with Crippen LogP contribution in [-0.4, -0.2) is 45.9 Å². The van der Waals surface area contributed by atoms with E-state index in [0.29, 0.717) is 29.9 Å². The number of ether oxygens (including phenoxy) is 1. The molecule has 3 N–H and O–H groups in total. The molecule has 4 rings (SSSR count). The van der Waals surface area contributed by atoms with Crippen LogP contribution in [-0.2, 0) is 5.75 Å². The first-order valence-electron chi connectivity index (χ1n) is 11.7. The van der Waals surface area contributed by atoms with Crippen molar-refractivity contribution in [3.63, 3.8) is 0 Å². The Morgan fingerprint density at radius 1 is 1.00 bits per heavy atom. The zero-order valence-electron chi connectivity index (χ0n) is 20.0. The number of fused-ring (bicyclic) bond motifs is 1. The summed E-state index contributed by atoms with van der Waals surface area (Å²) in [5, 5.41) is 18.1. The van der Waals surface area contributed by atoms with Crippen LogP contribution in [0.1, 0.15) is 25.8 Å². The highest BCUT2D eigenvalue weighted by Gasteiger charge is 2.18. The molecule has 35 heavy (non-hydrogen) atoms. The van der Waals surface area contributed by atoms with Gasteiger partial charge in [-0.05, 0) is 30.0 Å². The van der Waals surface area contributed by atoms with Crippen molar-refractivity contribution in [2.24, 2.45) is 5.92 Å². The lowest BCUT2D eigenvalue weighted by atomic mass is 10.0. The van der Waals surface area contributed by atoms with E-state index in [-0.39, 0.29) is 12.6 Å². The number of thiazole rings is 1. The van der Waals surface area contributed by atoms with E-state index in [1.165, 1.54) is 16.9 Å². The molecule has 7 nitrogen and oxygen atoms in total. The maximum absolute atomic E-state index is 9.92. The highest BCUT2D eigenvalue weighted by Crippen LogP contribution is 2.33. The molecule has 0 spiro atoms. The van der Waals surface area contributed by atoms with Crippen LogP contribution >= 0.6 is 23.1 Å². The molecule has 1 unspecified atom stereocenters. The second-order valence-electron chi connectivity index (χ2n) is 8.54. The molecule has 0 saturated heterocycles. The van der Waals surface area contributed by atoms with Crippen molar-refractivity contribution < 1.29 is 9.84 Å². The zero-order valence-corrected chi connectivity index (χ0v) is 21.6. The highest BCUT2D eigenvalue weighted by atomic mass is 32.2. The number of aliphatic hydroxyl groups excluding tert-OH is 1. The van der Waals surface area contributed by atoms with Gasteiger partial charge in [-0.1, -0.05) is 85.5 Å². The van der Waals surface area contributed by atoms with Crippen LogP contribution in [0.2, 0.25) is 0 Å². The molecular weight excluding hydrogens is 478 g/mol. The number of thioether (sulfide) groups is 1. The number of anilines is 2. The first kappa shape index (κ1) is 25.2. The van der Waals surface area contributed by atoms with Crippen LogP contribution in [0.15, 0.2) is 65.8 Å². The Morgan fingerprint density at radius 3 is 2.46 bits per heavy atom. The Balaban J connectivity index is 1.50. The number of nitrogens with one attached hydrogen (secondary N) is 2. The van der Waals surface area contributed by atoms with E-state index >= 15 is 0 Å². The lowest BCUT2D eigenvalue weighted by molar-refractivity contribution is 0.259. The molecule has 2 aromatic carbocycles. The Kier molecular flexibility index (Phi) is 9.16.